The lowest BCUT2D eigenvalue weighted by atomic mass is 9.81. The van der Waals surface area contributed by atoms with Crippen LogP contribution in [0.25, 0.3) is 0 Å². The zero-order valence-electron chi connectivity index (χ0n) is 25.1. The third-order valence-corrected chi connectivity index (χ3v) is 9.19. The molecule has 0 radical (unpaired) electrons. The lowest BCUT2D eigenvalue weighted by Gasteiger charge is -2.25. The monoisotopic (exact) mass is 702 g/mol. The van der Waals surface area contributed by atoms with Gasteiger partial charge in [0.2, 0.25) is 5.69 Å². The quantitative estimate of drug-likeness (QED) is 0.270. The van der Waals surface area contributed by atoms with E-state index in [0.29, 0.717) is 0 Å². The zero-order valence-corrected chi connectivity index (χ0v) is 28.2. The van der Waals surface area contributed by atoms with E-state index in [1.807, 2.05) is 22.4 Å². The highest BCUT2D eigenvalue weighted by Crippen LogP contribution is 2.48. The Morgan fingerprint density at radius 2 is 1.67 bits per heavy atom. The van der Waals surface area contributed by atoms with Crippen LogP contribution in [0.4, 0.5) is 11.4 Å². The van der Waals surface area contributed by atoms with E-state index < -0.39 is 5.97 Å². The molecule has 0 atom stereocenters. The van der Waals surface area contributed by atoms with Crippen LogP contribution < -0.4 is 10.2 Å². The number of hydrogen-bond acceptors (Lipinski definition) is 3. The minimum absolute atomic E-state index is 0.137. The van der Waals surface area contributed by atoms with Gasteiger partial charge in [0.15, 0.2) is 11.9 Å². The lowest BCUT2D eigenvalue weighted by Crippen LogP contribution is -2.27. The minimum Gasteiger partial charge on any atom is -0.480 e. The van der Waals surface area contributed by atoms with E-state index in [1.165, 1.54) is 22.5 Å². The van der Waals surface area contributed by atoms with Gasteiger partial charge in [0.25, 0.3) is 0 Å². The predicted octanol–water partition coefficient (Wildman–Crippen LogP) is 9.07. The van der Waals surface area contributed by atoms with Gasteiger partial charge in [-0.15, -0.1) is 0 Å². The second-order valence-corrected chi connectivity index (χ2v) is 13.1. The van der Waals surface area contributed by atoms with Crippen molar-refractivity contribution in [1.29, 1.82) is 0 Å². The first kappa shape index (κ1) is 31.0. The predicted molar refractivity (Wildman–Crippen MR) is 184 cm³/mol. The summed E-state index contributed by atoms with van der Waals surface area (Å²) in [7, 11) is 0. The molecule has 2 aromatic carbocycles. The van der Waals surface area contributed by atoms with Crippen molar-refractivity contribution in [2.24, 2.45) is 0 Å². The SMILES string of the molecule is CC1(C)C(/C=C/C2=C(NCC(=O)O)C(=C/C=C3/N(/C=C/Br)c4ccccc4C3(C)C)/CCC2)=[N+](/C=C/Br)c2ccccc21. The second kappa shape index (κ2) is 12.7. The summed E-state index contributed by atoms with van der Waals surface area (Å²) in [6, 6.07) is 17.0. The maximum absolute atomic E-state index is 11.7. The molecule has 2 heterocycles. The van der Waals surface area contributed by atoms with Gasteiger partial charge in [0, 0.05) is 51.4 Å². The highest BCUT2D eigenvalue weighted by atomic mass is 79.9. The zero-order chi connectivity index (χ0) is 30.8. The van der Waals surface area contributed by atoms with Crippen molar-refractivity contribution in [3.63, 3.8) is 0 Å². The Balaban J connectivity index is 1.58. The summed E-state index contributed by atoms with van der Waals surface area (Å²) in [5.74, 6) is -0.879. The summed E-state index contributed by atoms with van der Waals surface area (Å²) in [5, 5.41) is 12.8. The number of allylic oxidation sites excluding steroid dienone is 7. The topological polar surface area (TPSA) is 55.6 Å². The summed E-state index contributed by atoms with van der Waals surface area (Å²) in [6.07, 6.45) is 15.6. The van der Waals surface area contributed by atoms with Gasteiger partial charge in [-0.3, -0.25) is 4.79 Å². The van der Waals surface area contributed by atoms with Crippen molar-refractivity contribution in [2.45, 2.75) is 57.8 Å². The van der Waals surface area contributed by atoms with E-state index in [4.69, 9.17) is 0 Å². The van der Waals surface area contributed by atoms with Gasteiger partial charge < -0.3 is 15.3 Å². The molecule has 2 aromatic rings. The molecule has 1 aliphatic carbocycles. The molecule has 0 spiro atoms. The molecule has 0 amide bonds. The first-order valence-corrected chi connectivity index (χ1v) is 16.4. The minimum atomic E-state index is -0.879. The Bertz CT molecular complexity index is 1650. The summed E-state index contributed by atoms with van der Waals surface area (Å²) >= 11 is 6.95. The van der Waals surface area contributed by atoms with Crippen LogP contribution in [0.5, 0.6) is 0 Å². The number of carboxylic acids is 1. The van der Waals surface area contributed by atoms with Crippen LogP contribution in [0.2, 0.25) is 0 Å². The van der Waals surface area contributed by atoms with Crippen molar-refractivity contribution in [1.82, 2.24) is 5.32 Å². The summed E-state index contributed by atoms with van der Waals surface area (Å²) < 4.78 is 2.22. The fourth-order valence-electron chi connectivity index (χ4n) is 6.58. The number of benzene rings is 2. The first-order valence-electron chi connectivity index (χ1n) is 14.6. The fraction of sp³-hybridized carbons (Fsp3) is 0.278. The number of halogens is 2. The standard InChI is InChI=1S/C36H37Br2N3O2/c1-35(2)27-12-5-7-14-29(27)40(22-20-37)31(35)18-16-25-10-9-11-26(34(25)39-24-33(42)43)17-19-32-36(3,4)28-13-6-8-15-30(28)41(32)23-21-38/h5-8,12-23H,9-11,24H2,1-4H3,(H,42,43)/p+1/b22-20+,23-21+,25-16+,31-18+. The highest BCUT2D eigenvalue weighted by Gasteiger charge is 2.43. The third kappa shape index (κ3) is 5.89. The maximum Gasteiger partial charge on any atom is 0.322 e. The van der Waals surface area contributed by atoms with E-state index in [2.05, 4.69) is 147 Å². The summed E-state index contributed by atoms with van der Waals surface area (Å²) in [5.41, 5.74) is 9.96. The molecule has 3 aliphatic rings. The molecule has 5 rings (SSSR count). The number of carboxylic acid groups (broad SMARTS) is 1. The largest absolute Gasteiger partial charge is 0.480 e. The number of rotatable bonds is 8. The van der Waals surface area contributed by atoms with E-state index in [-0.39, 0.29) is 17.4 Å². The molecule has 7 heteroatoms. The average molecular weight is 705 g/mol. The smallest absolute Gasteiger partial charge is 0.322 e. The van der Waals surface area contributed by atoms with Gasteiger partial charge in [0.1, 0.15) is 6.54 Å². The van der Waals surface area contributed by atoms with Gasteiger partial charge in [-0.2, -0.15) is 4.58 Å². The lowest BCUT2D eigenvalue weighted by molar-refractivity contribution is -0.356. The molecule has 0 saturated carbocycles. The number of hydrogen-bond donors (Lipinski definition) is 2. The van der Waals surface area contributed by atoms with Crippen molar-refractivity contribution in [2.75, 3.05) is 11.4 Å². The van der Waals surface area contributed by atoms with Crippen LogP contribution in [-0.4, -0.2) is 27.9 Å². The highest BCUT2D eigenvalue weighted by molar-refractivity contribution is 9.11. The summed E-state index contributed by atoms with van der Waals surface area (Å²) in [4.78, 5) is 17.6. The van der Waals surface area contributed by atoms with Gasteiger partial charge in [-0.05, 0) is 66.9 Å². The molecule has 222 valence electrons. The third-order valence-electron chi connectivity index (χ3n) is 8.72. The van der Waals surface area contributed by atoms with Crippen LogP contribution in [0.1, 0.15) is 58.1 Å². The van der Waals surface area contributed by atoms with Crippen LogP contribution in [-0.2, 0) is 15.6 Å². The van der Waals surface area contributed by atoms with Gasteiger partial charge in [-0.25, -0.2) is 0 Å². The van der Waals surface area contributed by atoms with Crippen LogP contribution in [0.15, 0.2) is 118 Å². The van der Waals surface area contributed by atoms with Crippen LogP contribution in [0, 0.1) is 0 Å². The Morgan fingerprint density at radius 1 is 0.953 bits per heavy atom. The van der Waals surface area contributed by atoms with Crippen molar-refractivity contribution in [3.05, 3.63) is 129 Å². The number of anilines is 1. The Labute approximate surface area is 271 Å². The maximum atomic E-state index is 11.7. The molecule has 43 heavy (non-hydrogen) atoms. The molecular weight excluding hydrogens is 666 g/mol. The Kier molecular flexibility index (Phi) is 9.14. The van der Waals surface area contributed by atoms with Crippen molar-refractivity contribution < 1.29 is 14.5 Å². The summed E-state index contributed by atoms with van der Waals surface area (Å²) in [6.45, 7) is 8.86. The number of para-hydroxylation sites is 2. The van der Waals surface area contributed by atoms with Gasteiger partial charge in [0.05, 0.1) is 5.41 Å². The van der Waals surface area contributed by atoms with Gasteiger partial charge >= 0.3 is 5.97 Å². The number of carbonyl (C=O) groups is 1. The molecule has 0 bridgehead atoms. The van der Waals surface area contributed by atoms with Crippen molar-refractivity contribution >= 4 is 54.9 Å². The molecule has 2 aliphatic heterocycles. The molecule has 0 unspecified atom stereocenters. The number of fused-ring (bicyclic) bond motifs is 2. The van der Waals surface area contributed by atoms with E-state index >= 15 is 0 Å². The molecule has 5 nitrogen and oxygen atoms in total. The second-order valence-electron chi connectivity index (χ2n) is 12.0. The Morgan fingerprint density at radius 3 is 2.40 bits per heavy atom. The average Bonchev–Trinajstić information content (AvgIpc) is 3.33. The van der Waals surface area contributed by atoms with E-state index in [9.17, 15) is 9.90 Å². The fourth-order valence-corrected chi connectivity index (χ4v) is 7.06. The number of nitrogens with one attached hydrogen (secondary N) is 1. The molecule has 0 fully saturated rings. The number of aliphatic carboxylic acids is 1. The van der Waals surface area contributed by atoms with Crippen molar-refractivity contribution in [3.8, 4) is 0 Å². The van der Waals surface area contributed by atoms with E-state index in [1.54, 1.807) is 0 Å². The van der Waals surface area contributed by atoms with E-state index in [0.717, 1.165) is 47.5 Å². The van der Waals surface area contributed by atoms with Crippen LogP contribution in [0.3, 0.4) is 0 Å². The molecular formula is C36H38Br2N3O2+. The normalized spacial score (nSPS) is 21.2. The molecule has 0 aromatic heterocycles. The number of nitrogens with zero attached hydrogens (tertiary/aromatic N) is 2. The molecule has 2 N–H and O–H groups in total. The first-order chi connectivity index (χ1) is 20.6. The van der Waals surface area contributed by atoms with Gasteiger partial charge in [-0.1, -0.05) is 94.3 Å². The molecule has 0 saturated heterocycles. The Hall–Kier alpha value is -3.42. The van der Waals surface area contributed by atoms with Crippen LogP contribution >= 0.6 is 31.9 Å².